The molecule has 0 radical (unpaired) electrons. The van der Waals surface area contributed by atoms with E-state index in [0.29, 0.717) is 41.8 Å². The Balaban J connectivity index is 1.55. The first-order valence-corrected chi connectivity index (χ1v) is 11.6. The number of aromatic nitrogens is 1. The molecule has 33 heavy (non-hydrogen) atoms. The summed E-state index contributed by atoms with van der Waals surface area (Å²) in [6.07, 6.45) is 1.53. The van der Waals surface area contributed by atoms with Crippen molar-refractivity contribution in [2.45, 2.75) is 16.5 Å². The largest absolute Gasteiger partial charge is 0.497 e. The zero-order valence-electron chi connectivity index (χ0n) is 17.6. The summed E-state index contributed by atoms with van der Waals surface area (Å²) in [5.74, 6) is 2.29. The van der Waals surface area contributed by atoms with Crippen LogP contribution in [0.25, 0.3) is 11.5 Å². The number of anilines is 1. The number of sulfone groups is 1. The van der Waals surface area contributed by atoms with Crippen LogP contribution in [0.15, 0.2) is 79.6 Å². The Labute approximate surface area is 189 Å². The lowest BCUT2D eigenvalue weighted by Gasteiger charge is -2.18. The van der Waals surface area contributed by atoms with E-state index in [1.165, 1.54) is 18.4 Å². The van der Waals surface area contributed by atoms with Crippen molar-refractivity contribution in [3.8, 4) is 28.7 Å². The molecular formula is C23H20N2O7S. The molecule has 0 atom stereocenters. The monoisotopic (exact) mass is 468 g/mol. The van der Waals surface area contributed by atoms with Gasteiger partial charge in [-0.15, -0.1) is 0 Å². The third kappa shape index (κ3) is 4.12. The van der Waals surface area contributed by atoms with Crippen LogP contribution in [0, 0.1) is 0 Å². The molecule has 1 N–H and O–H groups in total. The molecule has 0 bridgehead atoms. The predicted molar refractivity (Wildman–Crippen MR) is 117 cm³/mol. The third-order valence-electron chi connectivity index (χ3n) is 5.01. The summed E-state index contributed by atoms with van der Waals surface area (Å²) in [7, 11) is -2.49. The minimum Gasteiger partial charge on any atom is -0.497 e. The van der Waals surface area contributed by atoms with Crippen molar-refractivity contribution in [1.29, 1.82) is 0 Å². The second-order valence-electron chi connectivity index (χ2n) is 7.12. The van der Waals surface area contributed by atoms with Crippen LogP contribution < -0.4 is 19.5 Å². The Morgan fingerprint density at radius 1 is 1.03 bits per heavy atom. The van der Waals surface area contributed by atoms with Gasteiger partial charge in [0.15, 0.2) is 11.5 Å². The van der Waals surface area contributed by atoms with Gasteiger partial charge in [-0.2, -0.15) is 4.98 Å². The summed E-state index contributed by atoms with van der Waals surface area (Å²) in [6, 6.07) is 14.9. The molecule has 2 aromatic carbocycles. The molecule has 170 valence electrons. The summed E-state index contributed by atoms with van der Waals surface area (Å²) >= 11 is 0. The molecular weight excluding hydrogens is 448 g/mol. The van der Waals surface area contributed by atoms with Gasteiger partial charge in [0.2, 0.25) is 26.6 Å². The zero-order chi connectivity index (χ0) is 22.8. The minimum atomic E-state index is -4.05. The van der Waals surface area contributed by atoms with Gasteiger partial charge in [-0.1, -0.05) is 0 Å². The SMILES string of the molecule is COc1ccc(-c2nc(S(=O)(=O)c3ccc4c(c3)OCCO4)c(NCc3ccco3)o2)cc1. The molecule has 0 saturated carbocycles. The quantitative estimate of drug-likeness (QED) is 0.427. The summed E-state index contributed by atoms with van der Waals surface area (Å²) < 4.78 is 54.5. The van der Waals surface area contributed by atoms with Crippen LogP contribution in [0.1, 0.15) is 5.76 Å². The Morgan fingerprint density at radius 2 is 1.82 bits per heavy atom. The van der Waals surface area contributed by atoms with Crippen molar-refractivity contribution in [1.82, 2.24) is 4.98 Å². The normalized spacial score (nSPS) is 13.0. The lowest BCUT2D eigenvalue weighted by molar-refractivity contribution is 0.171. The van der Waals surface area contributed by atoms with E-state index in [4.69, 9.17) is 23.0 Å². The predicted octanol–water partition coefficient (Wildman–Crippen LogP) is 4.16. The first-order chi connectivity index (χ1) is 16.0. The number of methoxy groups -OCH3 is 1. The van der Waals surface area contributed by atoms with Gasteiger partial charge < -0.3 is 28.4 Å². The van der Waals surface area contributed by atoms with Gasteiger partial charge in [0, 0.05) is 11.6 Å². The maximum atomic E-state index is 13.5. The maximum absolute atomic E-state index is 13.5. The second kappa shape index (κ2) is 8.55. The fourth-order valence-corrected chi connectivity index (χ4v) is 4.63. The van der Waals surface area contributed by atoms with E-state index in [9.17, 15) is 8.42 Å². The molecule has 5 rings (SSSR count). The molecule has 0 saturated heterocycles. The highest BCUT2D eigenvalue weighted by molar-refractivity contribution is 7.91. The molecule has 0 amide bonds. The average molecular weight is 468 g/mol. The van der Waals surface area contributed by atoms with Crippen LogP contribution in [0.5, 0.6) is 17.2 Å². The molecule has 0 aliphatic carbocycles. The Morgan fingerprint density at radius 3 is 2.55 bits per heavy atom. The van der Waals surface area contributed by atoms with Gasteiger partial charge in [-0.3, -0.25) is 0 Å². The van der Waals surface area contributed by atoms with Gasteiger partial charge >= 0.3 is 0 Å². The summed E-state index contributed by atoms with van der Waals surface area (Å²) in [4.78, 5) is 4.35. The zero-order valence-corrected chi connectivity index (χ0v) is 18.4. The van der Waals surface area contributed by atoms with Crippen molar-refractivity contribution in [2.75, 3.05) is 25.6 Å². The summed E-state index contributed by atoms with van der Waals surface area (Å²) in [6.45, 7) is 0.973. The molecule has 1 aliphatic rings. The highest BCUT2D eigenvalue weighted by Gasteiger charge is 2.30. The van der Waals surface area contributed by atoms with E-state index in [2.05, 4.69) is 10.3 Å². The molecule has 9 nitrogen and oxygen atoms in total. The molecule has 3 heterocycles. The summed E-state index contributed by atoms with van der Waals surface area (Å²) in [5, 5.41) is 2.74. The van der Waals surface area contributed by atoms with E-state index < -0.39 is 9.84 Å². The number of oxazole rings is 1. The molecule has 10 heteroatoms. The van der Waals surface area contributed by atoms with Crippen molar-refractivity contribution >= 4 is 15.7 Å². The van der Waals surface area contributed by atoms with E-state index in [0.717, 1.165) is 0 Å². The second-order valence-corrected chi connectivity index (χ2v) is 8.99. The number of nitrogens with zero attached hydrogens (tertiary/aromatic N) is 1. The van der Waals surface area contributed by atoms with E-state index in [1.54, 1.807) is 49.6 Å². The van der Waals surface area contributed by atoms with Crippen molar-refractivity contribution in [2.24, 2.45) is 0 Å². The fourth-order valence-electron chi connectivity index (χ4n) is 3.34. The van der Waals surface area contributed by atoms with E-state index in [-0.39, 0.29) is 28.2 Å². The number of nitrogens with one attached hydrogen (secondary N) is 1. The third-order valence-corrected chi connectivity index (χ3v) is 6.68. The lowest BCUT2D eigenvalue weighted by Crippen LogP contribution is -2.16. The molecule has 4 aromatic rings. The van der Waals surface area contributed by atoms with Gasteiger partial charge in [-0.05, 0) is 48.5 Å². The molecule has 2 aromatic heterocycles. The van der Waals surface area contributed by atoms with Gasteiger partial charge in [0.1, 0.15) is 24.7 Å². The van der Waals surface area contributed by atoms with Gasteiger partial charge in [-0.25, -0.2) is 8.42 Å². The van der Waals surface area contributed by atoms with Crippen molar-refractivity contribution in [3.05, 3.63) is 66.6 Å². The van der Waals surface area contributed by atoms with E-state index >= 15 is 0 Å². The number of hydrogen-bond donors (Lipinski definition) is 1. The summed E-state index contributed by atoms with van der Waals surface area (Å²) in [5.41, 5.74) is 0.598. The number of furan rings is 1. The molecule has 0 fully saturated rings. The number of benzene rings is 2. The number of fused-ring (bicyclic) bond motifs is 1. The highest BCUT2D eigenvalue weighted by atomic mass is 32.2. The molecule has 0 unspecified atom stereocenters. The van der Waals surface area contributed by atoms with Crippen molar-refractivity contribution in [3.63, 3.8) is 0 Å². The van der Waals surface area contributed by atoms with E-state index in [1.807, 2.05) is 0 Å². The van der Waals surface area contributed by atoms with Gasteiger partial charge in [0.05, 0.1) is 24.8 Å². The highest BCUT2D eigenvalue weighted by Crippen LogP contribution is 2.37. The lowest BCUT2D eigenvalue weighted by atomic mass is 10.2. The Bertz CT molecular complexity index is 1360. The number of hydrogen-bond acceptors (Lipinski definition) is 9. The standard InChI is InChI=1S/C23H20N2O7S/c1-28-16-6-4-15(5-7-16)21-25-23(22(32-21)24-14-17-3-2-10-29-17)33(26,27)18-8-9-19-20(13-18)31-12-11-30-19/h2-10,13,24H,11-12,14H2,1H3. The topological polar surface area (TPSA) is 113 Å². The van der Waals surface area contributed by atoms with Crippen LogP contribution >= 0.6 is 0 Å². The van der Waals surface area contributed by atoms with Crippen LogP contribution in [-0.2, 0) is 16.4 Å². The van der Waals surface area contributed by atoms with Crippen LogP contribution in [0.3, 0.4) is 0 Å². The first-order valence-electron chi connectivity index (χ1n) is 10.1. The van der Waals surface area contributed by atoms with Crippen LogP contribution in [0.2, 0.25) is 0 Å². The Hall–Kier alpha value is -3.92. The number of ether oxygens (including phenoxy) is 3. The van der Waals surface area contributed by atoms with Gasteiger partial charge in [0.25, 0.3) is 0 Å². The fraction of sp³-hybridized carbons (Fsp3) is 0.174. The average Bonchev–Trinajstić information content (AvgIpc) is 3.53. The Kier molecular flexibility index (Phi) is 5.43. The van der Waals surface area contributed by atoms with Crippen LogP contribution in [0.4, 0.5) is 5.88 Å². The smallest absolute Gasteiger partial charge is 0.234 e. The van der Waals surface area contributed by atoms with Crippen molar-refractivity contribution < 1.29 is 31.5 Å². The van der Waals surface area contributed by atoms with Crippen LogP contribution in [-0.4, -0.2) is 33.7 Å². The molecule has 1 aliphatic heterocycles. The minimum absolute atomic E-state index is 0.00658. The first kappa shape index (κ1) is 21.0. The maximum Gasteiger partial charge on any atom is 0.234 e. The number of rotatable bonds is 7. The molecule has 0 spiro atoms.